The number of nitrogens with zero attached hydrogens (tertiary/aromatic N) is 3. The van der Waals surface area contributed by atoms with Gasteiger partial charge in [-0.2, -0.15) is 5.10 Å². The van der Waals surface area contributed by atoms with E-state index in [2.05, 4.69) is 16.2 Å². The zero-order chi connectivity index (χ0) is 17.6. The quantitative estimate of drug-likeness (QED) is 0.431. The molecule has 0 saturated heterocycles. The molecule has 0 saturated carbocycles. The van der Waals surface area contributed by atoms with Crippen LogP contribution in [0.1, 0.15) is 16.9 Å². The van der Waals surface area contributed by atoms with Crippen molar-refractivity contribution in [2.24, 2.45) is 10.8 Å². The molecule has 0 radical (unpaired) electrons. The van der Waals surface area contributed by atoms with Gasteiger partial charge < -0.3 is 10.2 Å². The average molecular weight is 350 g/mol. The van der Waals surface area contributed by atoms with Crippen molar-refractivity contribution in [1.29, 1.82) is 0 Å². The lowest BCUT2D eigenvalue weighted by Crippen LogP contribution is -2.30. The number of rotatable bonds is 5. The van der Waals surface area contributed by atoms with Crippen molar-refractivity contribution < 1.29 is 4.42 Å². The molecule has 3 aromatic rings. The average Bonchev–Trinajstić information content (AvgIpc) is 3.08. The Bertz CT molecular complexity index is 889. The summed E-state index contributed by atoms with van der Waals surface area (Å²) in [5, 5.41) is 6.05. The molecule has 0 amide bonds. The Balaban J connectivity index is 1.75. The number of aromatic nitrogens is 1. The summed E-state index contributed by atoms with van der Waals surface area (Å²) < 4.78 is 5.83. The van der Waals surface area contributed by atoms with Crippen LogP contribution in [-0.2, 0) is 6.54 Å². The largest absolute Gasteiger partial charge is 0.455 e. The highest BCUT2D eigenvalue weighted by molar-refractivity contribution is 7.80. The second-order valence-electron chi connectivity index (χ2n) is 5.57. The minimum atomic E-state index is 0.186. The molecule has 1 aromatic carbocycles. The van der Waals surface area contributed by atoms with E-state index < -0.39 is 0 Å². The summed E-state index contributed by atoms with van der Waals surface area (Å²) in [5.74, 6) is 1.42. The minimum absolute atomic E-state index is 0.186. The summed E-state index contributed by atoms with van der Waals surface area (Å²) in [6, 6.07) is 15.7. The smallest absolute Gasteiger partial charge is 0.187 e. The van der Waals surface area contributed by atoms with Gasteiger partial charge in [-0.05, 0) is 49.0 Å². The second kappa shape index (κ2) is 7.72. The highest BCUT2D eigenvalue weighted by atomic mass is 32.1. The Morgan fingerprint density at radius 2 is 2.16 bits per heavy atom. The highest BCUT2D eigenvalue weighted by Gasteiger charge is 2.07. The van der Waals surface area contributed by atoms with Gasteiger partial charge in [-0.25, -0.2) is 5.01 Å². The number of benzene rings is 1. The van der Waals surface area contributed by atoms with E-state index in [1.165, 1.54) is 10.6 Å². The maximum Gasteiger partial charge on any atom is 0.187 e. The number of furan rings is 1. The van der Waals surface area contributed by atoms with Crippen molar-refractivity contribution >= 4 is 23.5 Å². The first-order valence-corrected chi connectivity index (χ1v) is 8.19. The fourth-order valence-electron chi connectivity index (χ4n) is 2.34. The monoisotopic (exact) mass is 350 g/mol. The van der Waals surface area contributed by atoms with Gasteiger partial charge in [0.25, 0.3) is 0 Å². The summed E-state index contributed by atoms with van der Waals surface area (Å²) in [6.45, 7) is 2.50. The van der Waals surface area contributed by atoms with Crippen LogP contribution in [0.4, 0.5) is 0 Å². The van der Waals surface area contributed by atoms with Gasteiger partial charge in [-0.1, -0.05) is 29.8 Å². The predicted molar refractivity (Wildman–Crippen MR) is 103 cm³/mol. The lowest BCUT2D eigenvalue weighted by molar-refractivity contribution is 0.442. The van der Waals surface area contributed by atoms with Gasteiger partial charge >= 0.3 is 0 Å². The van der Waals surface area contributed by atoms with Gasteiger partial charge in [0.05, 0.1) is 12.8 Å². The number of nitrogens with two attached hydrogens (primary N) is 1. The topological polar surface area (TPSA) is 67.7 Å². The molecule has 5 nitrogen and oxygen atoms in total. The third-order valence-electron chi connectivity index (χ3n) is 3.56. The standard InChI is InChI=1S/C19H18N4OS/c1-14-4-2-6-16(10-14)18-8-7-17(24-18)12-22-23(19(20)25)13-15-5-3-9-21-11-15/h2-12H,13H2,1H3,(H2,20,25). The third-order valence-corrected chi connectivity index (χ3v) is 3.77. The molecule has 0 bridgehead atoms. The zero-order valence-electron chi connectivity index (χ0n) is 13.8. The van der Waals surface area contributed by atoms with Crippen molar-refractivity contribution in [1.82, 2.24) is 9.99 Å². The molecular formula is C19H18N4OS. The van der Waals surface area contributed by atoms with E-state index in [0.29, 0.717) is 12.3 Å². The van der Waals surface area contributed by atoms with Crippen LogP contribution in [0.3, 0.4) is 0 Å². The van der Waals surface area contributed by atoms with Crippen molar-refractivity contribution in [3.05, 3.63) is 77.8 Å². The van der Waals surface area contributed by atoms with E-state index in [1.54, 1.807) is 18.6 Å². The van der Waals surface area contributed by atoms with Crippen molar-refractivity contribution in [2.75, 3.05) is 0 Å². The Labute approximate surface area is 151 Å². The third kappa shape index (κ3) is 4.51. The zero-order valence-corrected chi connectivity index (χ0v) is 14.6. The number of pyridine rings is 1. The Morgan fingerprint density at radius 1 is 1.28 bits per heavy atom. The van der Waals surface area contributed by atoms with Crippen LogP contribution in [0.25, 0.3) is 11.3 Å². The maximum absolute atomic E-state index is 5.83. The molecule has 3 rings (SSSR count). The normalized spacial score (nSPS) is 10.9. The van der Waals surface area contributed by atoms with E-state index in [0.717, 1.165) is 16.9 Å². The van der Waals surface area contributed by atoms with E-state index in [4.69, 9.17) is 22.4 Å². The molecule has 126 valence electrons. The number of aryl methyl sites for hydroxylation is 1. The molecule has 0 aliphatic rings. The molecular weight excluding hydrogens is 332 g/mol. The molecule has 0 aliphatic heterocycles. The molecule has 0 aliphatic carbocycles. The van der Waals surface area contributed by atoms with E-state index >= 15 is 0 Å². The number of hydrazone groups is 1. The molecule has 0 spiro atoms. The van der Waals surface area contributed by atoms with Crippen LogP contribution in [0.15, 0.2) is 70.4 Å². The minimum Gasteiger partial charge on any atom is -0.455 e. The van der Waals surface area contributed by atoms with Crippen LogP contribution in [0.5, 0.6) is 0 Å². The first kappa shape index (κ1) is 16.9. The first-order chi connectivity index (χ1) is 12.1. The van der Waals surface area contributed by atoms with E-state index in [1.807, 2.05) is 49.4 Å². The van der Waals surface area contributed by atoms with E-state index in [-0.39, 0.29) is 5.11 Å². The van der Waals surface area contributed by atoms with Crippen LogP contribution < -0.4 is 5.73 Å². The fraction of sp³-hybridized carbons (Fsp3) is 0.105. The molecule has 2 N–H and O–H groups in total. The fourth-order valence-corrected chi connectivity index (χ4v) is 2.45. The van der Waals surface area contributed by atoms with Gasteiger partial charge in [0.2, 0.25) is 0 Å². The van der Waals surface area contributed by atoms with Crippen LogP contribution in [0.2, 0.25) is 0 Å². The van der Waals surface area contributed by atoms with Gasteiger partial charge in [-0.3, -0.25) is 4.98 Å². The van der Waals surface area contributed by atoms with Gasteiger partial charge in [0, 0.05) is 18.0 Å². The summed E-state index contributed by atoms with van der Waals surface area (Å²) in [7, 11) is 0. The lowest BCUT2D eigenvalue weighted by Gasteiger charge is -2.16. The van der Waals surface area contributed by atoms with Crippen LogP contribution in [0, 0.1) is 6.92 Å². The molecule has 0 atom stereocenters. The van der Waals surface area contributed by atoms with E-state index in [9.17, 15) is 0 Å². The van der Waals surface area contributed by atoms with Crippen LogP contribution >= 0.6 is 12.2 Å². The van der Waals surface area contributed by atoms with Crippen molar-refractivity contribution in [2.45, 2.75) is 13.5 Å². The summed E-state index contributed by atoms with van der Waals surface area (Å²) in [5.41, 5.74) is 8.93. The van der Waals surface area contributed by atoms with Crippen LogP contribution in [-0.4, -0.2) is 21.3 Å². The Kier molecular flexibility index (Phi) is 5.20. The highest BCUT2D eigenvalue weighted by Crippen LogP contribution is 2.22. The summed E-state index contributed by atoms with van der Waals surface area (Å²) in [6.07, 6.45) is 5.08. The maximum atomic E-state index is 5.83. The van der Waals surface area contributed by atoms with Gasteiger partial charge in [0.1, 0.15) is 11.5 Å². The molecule has 25 heavy (non-hydrogen) atoms. The molecule has 2 aromatic heterocycles. The molecule has 2 heterocycles. The Hall–Kier alpha value is -2.99. The van der Waals surface area contributed by atoms with Gasteiger partial charge in [-0.15, -0.1) is 0 Å². The Morgan fingerprint density at radius 3 is 2.88 bits per heavy atom. The van der Waals surface area contributed by atoms with Crippen molar-refractivity contribution in [3.8, 4) is 11.3 Å². The summed E-state index contributed by atoms with van der Waals surface area (Å²) in [4.78, 5) is 4.08. The number of thiocarbonyl (C=S) groups is 1. The summed E-state index contributed by atoms with van der Waals surface area (Å²) >= 11 is 5.07. The predicted octanol–water partition coefficient (Wildman–Crippen LogP) is 3.73. The lowest BCUT2D eigenvalue weighted by atomic mass is 10.1. The molecule has 6 heteroatoms. The number of hydrogen-bond donors (Lipinski definition) is 1. The SMILES string of the molecule is Cc1cccc(-c2ccc(C=NN(Cc3cccnc3)C(N)=S)o2)c1. The number of hydrogen-bond acceptors (Lipinski definition) is 4. The van der Waals surface area contributed by atoms with Gasteiger partial charge in [0.15, 0.2) is 5.11 Å². The molecule has 0 fully saturated rings. The first-order valence-electron chi connectivity index (χ1n) is 7.78. The second-order valence-corrected chi connectivity index (χ2v) is 5.99. The van der Waals surface area contributed by atoms with Crippen molar-refractivity contribution in [3.63, 3.8) is 0 Å². The molecule has 0 unspecified atom stereocenters.